The Balaban J connectivity index is 1.85. The van der Waals surface area contributed by atoms with Gasteiger partial charge in [-0.1, -0.05) is 38.0 Å². The summed E-state index contributed by atoms with van der Waals surface area (Å²) in [7, 11) is 1.66. The Morgan fingerprint density at radius 1 is 1.25 bits per heavy atom. The lowest BCUT2D eigenvalue weighted by Gasteiger charge is -2.24. The van der Waals surface area contributed by atoms with Gasteiger partial charge in [0.25, 0.3) is 0 Å². The van der Waals surface area contributed by atoms with Crippen LogP contribution in [0.15, 0.2) is 48.0 Å². The van der Waals surface area contributed by atoms with Crippen LogP contribution >= 0.6 is 11.3 Å². The molecule has 2 heterocycles. The molecule has 2 atom stereocenters. The number of methoxy groups -OCH3 is 1. The summed E-state index contributed by atoms with van der Waals surface area (Å²) in [6.07, 6.45) is 4.68. The van der Waals surface area contributed by atoms with Crippen LogP contribution in [-0.2, 0) is 16.0 Å². The normalized spacial score (nSPS) is 12.8. The van der Waals surface area contributed by atoms with Crippen molar-refractivity contribution in [1.29, 1.82) is 0 Å². The molecule has 0 aliphatic heterocycles. The molecular weight excluding hydrogens is 426 g/mol. The summed E-state index contributed by atoms with van der Waals surface area (Å²) >= 11 is 1.34. The molecule has 0 aliphatic carbocycles. The quantitative estimate of drug-likeness (QED) is 0.431. The third-order valence-electron chi connectivity index (χ3n) is 5.44. The number of aromatic amines is 1. The molecule has 32 heavy (non-hydrogen) atoms. The number of nitrogens with zero attached hydrogens (tertiary/aromatic N) is 2. The Hall–Kier alpha value is -3.13. The van der Waals surface area contributed by atoms with E-state index in [0.717, 1.165) is 36.4 Å². The van der Waals surface area contributed by atoms with E-state index in [-0.39, 0.29) is 18.2 Å². The van der Waals surface area contributed by atoms with E-state index >= 15 is 0 Å². The fourth-order valence-electron chi connectivity index (χ4n) is 3.74. The molecule has 0 saturated carbocycles. The number of hydrogen-bond donors (Lipinski definition) is 2. The second-order valence-corrected chi connectivity index (χ2v) is 8.56. The van der Waals surface area contributed by atoms with Crippen LogP contribution in [0.4, 0.5) is 5.00 Å². The zero-order valence-corrected chi connectivity index (χ0v) is 19.4. The van der Waals surface area contributed by atoms with Gasteiger partial charge in [0.2, 0.25) is 5.91 Å². The molecule has 1 amide bonds. The van der Waals surface area contributed by atoms with Crippen molar-refractivity contribution in [3.05, 3.63) is 65.1 Å². The van der Waals surface area contributed by atoms with Gasteiger partial charge in [0, 0.05) is 23.4 Å². The number of carbonyl (C=O) groups excluding carboxylic acids is 1. The summed E-state index contributed by atoms with van der Waals surface area (Å²) in [4.78, 5) is 33.9. The highest BCUT2D eigenvalue weighted by atomic mass is 32.1. The number of benzene rings is 1. The smallest absolute Gasteiger partial charge is 0.326 e. The van der Waals surface area contributed by atoms with E-state index in [1.807, 2.05) is 29.6 Å². The molecule has 1 unspecified atom stereocenters. The van der Waals surface area contributed by atoms with Crippen molar-refractivity contribution in [3.8, 4) is 5.75 Å². The number of carbonyl (C=O) groups is 2. The minimum atomic E-state index is -1.05. The molecule has 0 bridgehead atoms. The number of thiophene rings is 1. The number of nitrogens with one attached hydrogen (secondary N) is 1. The molecule has 1 aromatic carbocycles. The largest absolute Gasteiger partial charge is 0.496 e. The molecule has 2 aromatic heterocycles. The van der Waals surface area contributed by atoms with Gasteiger partial charge in [0.05, 0.1) is 18.5 Å². The van der Waals surface area contributed by atoms with Gasteiger partial charge in [0.15, 0.2) is 0 Å². The number of anilines is 1. The first-order valence-electron chi connectivity index (χ1n) is 10.7. The van der Waals surface area contributed by atoms with Crippen LogP contribution in [0.1, 0.15) is 56.1 Å². The van der Waals surface area contributed by atoms with Crippen LogP contribution in [0.2, 0.25) is 0 Å². The monoisotopic (exact) mass is 455 g/mol. The van der Waals surface area contributed by atoms with E-state index in [9.17, 15) is 14.7 Å². The summed E-state index contributed by atoms with van der Waals surface area (Å²) in [5.74, 6) is 0.260. The lowest BCUT2D eigenvalue weighted by atomic mass is 9.92. The first kappa shape index (κ1) is 23.5. The van der Waals surface area contributed by atoms with Crippen LogP contribution in [0.3, 0.4) is 0 Å². The Bertz CT molecular complexity index is 1030. The lowest BCUT2D eigenvalue weighted by molar-refractivity contribution is -0.139. The summed E-state index contributed by atoms with van der Waals surface area (Å²) in [5.41, 5.74) is 1.70. The van der Waals surface area contributed by atoms with Crippen molar-refractivity contribution < 1.29 is 19.4 Å². The molecule has 0 aliphatic rings. The van der Waals surface area contributed by atoms with Gasteiger partial charge in [0.1, 0.15) is 17.6 Å². The van der Waals surface area contributed by atoms with Gasteiger partial charge >= 0.3 is 5.97 Å². The number of ether oxygens (including phenoxy) is 1. The number of imidazole rings is 1. The maximum absolute atomic E-state index is 13.1. The standard InChI is InChI=1S/C24H29N3O4S/c1-4-5-9-19(18-10-6-7-11-20(18)31-3)23-25-15-17(26-23)14-21(28)27(16(2)24(29)30)22-12-8-13-32-22/h6-8,10-13,15-16,19H,4-5,9,14H2,1-3H3,(H,25,26)(H,29,30)/t16-,19?/m0/s1. The van der Waals surface area contributed by atoms with Crippen LogP contribution in [0, 0.1) is 0 Å². The second-order valence-electron chi connectivity index (χ2n) is 7.64. The number of para-hydroxylation sites is 1. The van der Waals surface area contributed by atoms with Gasteiger partial charge < -0.3 is 14.8 Å². The van der Waals surface area contributed by atoms with Gasteiger partial charge in [-0.3, -0.25) is 9.69 Å². The minimum absolute atomic E-state index is 0.0151. The Morgan fingerprint density at radius 2 is 2.03 bits per heavy atom. The SMILES string of the molecule is CCCCC(c1ncc(CC(=O)N(c2cccs2)[C@@H](C)C(=O)O)[nH]1)c1ccccc1OC. The van der Waals surface area contributed by atoms with Gasteiger partial charge in [-0.2, -0.15) is 0 Å². The number of rotatable bonds is 11. The van der Waals surface area contributed by atoms with E-state index < -0.39 is 12.0 Å². The molecule has 0 spiro atoms. The predicted molar refractivity (Wildman–Crippen MR) is 126 cm³/mol. The predicted octanol–water partition coefficient (Wildman–Crippen LogP) is 4.85. The number of hydrogen-bond acceptors (Lipinski definition) is 5. The fraction of sp³-hybridized carbons (Fsp3) is 0.375. The highest BCUT2D eigenvalue weighted by Crippen LogP contribution is 2.34. The number of carboxylic acid groups (broad SMARTS) is 1. The van der Waals surface area contributed by atoms with Gasteiger partial charge in [-0.15, -0.1) is 11.3 Å². The highest BCUT2D eigenvalue weighted by Gasteiger charge is 2.29. The lowest BCUT2D eigenvalue weighted by Crippen LogP contribution is -2.43. The number of H-pyrrole nitrogens is 1. The Kier molecular flexibility index (Phi) is 8.05. The first-order chi connectivity index (χ1) is 15.5. The highest BCUT2D eigenvalue weighted by molar-refractivity contribution is 7.14. The molecule has 0 radical (unpaired) electrons. The van der Waals surface area contributed by atoms with Crippen molar-refractivity contribution in [2.75, 3.05) is 12.0 Å². The van der Waals surface area contributed by atoms with Crippen LogP contribution in [-0.4, -0.2) is 40.1 Å². The van der Waals surface area contributed by atoms with Crippen molar-refractivity contribution in [1.82, 2.24) is 9.97 Å². The van der Waals surface area contributed by atoms with Crippen molar-refractivity contribution in [2.45, 2.75) is 51.5 Å². The van der Waals surface area contributed by atoms with Crippen LogP contribution in [0.25, 0.3) is 0 Å². The molecule has 3 aromatic rings. The van der Waals surface area contributed by atoms with E-state index in [0.29, 0.717) is 10.7 Å². The number of aliphatic carboxylic acids is 1. The van der Waals surface area contributed by atoms with Crippen LogP contribution < -0.4 is 9.64 Å². The van der Waals surface area contributed by atoms with Gasteiger partial charge in [-0.25, -0.2) is 9.78 Å². The molecule has 2 N–H and O–H groups in total. The van der Waals surface area contributed by atoms with Crippen molar-refractivity contribution in [2.24, 2.45) is 0 Å². The average Bonchev–Trinajstić information content (AvgIpc) is 3.47. The Morgan fingerprint density at radius 3 is 2.69 bits per heavy atom. The van der Waals surface area contributed by atoms with E-state index in [1.165, 1.54) is 23.2 Å². The topological polar surface area (TPSA) is 95.5 Å². The number of unbranched alkanes of at least 4 members (excludes halogenated alkanes) is 1. The van der Waals surface area contributed by atoms with Crippen molar-refractivity contribution >= 4 is 28.2 Å². The fourth-order valence-corrected chi connectivity index (χ4v) is 4.57. The third kappa shape index (κ3) is 5.37. The number of amides is 1. The molecule has 0 saturated heterocycles. The van der Waals surface area contributed by atoms with E-state index in [4.69, 9.17) is 4.74 Å². The van der Waals surface area contributed by atoms with Gasteiger partial charge in [-0.05, 0) is 36.9 Å². The number of carboxylic acids is 1. The molecule has 7 nitrogen and oxygen atoms in total. The van der Waals surface area contributed by atoms with E-state index in [2.05, 4.69) is 16.9 Å². The molecule has 3 rings (SSSR count). The Labute approximate surface area is 192 Å². The minimum Gasteiger partial charge on any atom is -0.496 e. The summed E-state index contributed by atoms with van der Waals surface area (Å²) < 4.78 is 5.56. The van der Waals surface area contributed by atoms with Crippen LogP contribution in [0.5, 0.6) is 5.75 Å². The third-order valence-corrected chi connectivity index (χ3v) is 6.30. The van der Waals surface area contributed by atoms with Crippen molar-refractivity contribution in [3.63, 3.8) is 0 Å². The maximum Gasteiger partial charge on any atom is 0.326 e. The maximum atomic E-state index is 13.1. The second kappa shape index (κ2) is 10.9. The zero-order chi connectivity index (χ0) is 23.1. The summed E-state index contributed by atoms with van der Waals surface area (Å²) in [6, 6.07) is 10.5. The number of aromatic nitrogens is 2. The molecule has 170 valence electrons. The molecule has 8 heteroatoms. The summed E-state index contributed by atoms with van der Waals surface area (Å²) in [5, 5.41) is 11.9. The van der Waals surface area contributed by atoms with E-state index in [1.54, 1.807) is 25.4 Å². The molecule has 0 fully saturated rings. The summed E-state index contributed by atoms with van der Waals surface area (Å²) in [6.45, 7) is 3.66. The molecular formula is C24H29N3O4S. The first-order valence-corrected chi connectivity index (χ1v) is 11.6. The average molecular weight is 456 g/mol. The zero-order valence-electron chi connectivity index (χ0n) is 18.6.